The third-order valence-electron chi connectivity index (χ3n) is 4.99. The molecule has 1 atom stereocenters. The summed E-state index contributed by atoms with van der Waals surface area (Å²) >= 11 is 0. The fourth-order valence-corrected chi connectivity index (χ4v) is 3.33. The number of ether oxygens (including phenoxy) is 1. The van der Waals surface area contributed by atoms with Gasteiger partial charge in [-0.25, -0.2) is 4.79 Å². The second-order valence-corrected chi connectivity index (χ2v) is 8.89. The molecule has 0 saturated carbocycles. The first kappa shape index (κ1) is 25.8. The Bertz CT molecular complexity index is 772. The van der Waals surface area contributed by atoms with Crippen molar-refractivity contribution in [3.63, 3.8) is 0 Å². The Kier molecular flexibility index (Phi) is 8.77. The number of hydrogen-bond acceptors (Lipinski definition) is 5. The van der Waals surface area contributed by atoms with Crippen LogP contribution in [-0.2, 0) is 15.7 Å². The van der Waals surface area contributed by atoms with Gasteiger partial charge in [0.15, 0.2) is 0 Å². The van der Waals surface area contributed by atoms with Crippen LogP contribution < -0.4 is 15.5 Å². The predicted octanol–water partition coefficient (Wildman–Crippen LogP) is 3.25. The van der Waals surface area contributed by atoms with Crippen LogP contribution in [0.25, 0.3) is 0 Å². The smallest absolute Gasteiger partial charge is 0.416 e. The van der Waals surface area contributed by atoms with Crippen LogP contribution in [0.4, 0.5) is 23.7 Å². The van der Waals surface area contributed by atoms with E-state index in [4.69, 9.17) is 4.74 Å². The molecule has 0 spiro atoms. The first-order valence-corrected chi connectivity index (χ1v) is 10.8. The summed E-state index contributed by atoms with van der Waals surface area (Å²) in [6, 6.07) is 4.70. The topological polar surface area (TPSA) is 73.9 Å². The minimum absolute atomic E-state index is 0.287. The molecule has 0 bridgehead atoms. The van der Waals surface area contributed by atoms with Gasteiger partial charge < -0.3 is 20.3 Å². The summed E-state index contributed by atoms with van der Waals surface area (Å²) in [6.07, 6.45) is -4.25. The Morgan fingerprint density at radius 2 is 1.78 bits per heavy atom. The normalized spacial score (nSPS) is 16.4. The molecule has 10 heteroatoms. The maximum Gasteiger partial charge on any atom is 0.416 e. The van der Waals surface area contributed by atoms with Crippen LogP contribution in [0.2, 0.25) is 0 Å². The molecule has 0 unspecified atom stereocenters. The van der Waals surface area contributed by atoms with Gasteiger partial charge in [-0.05, 0) is 58.9 Å². The average Bonchev–Trinajstić information content (AvgIpc) is 2.69. The summed E-state index contributed by atoms with van der Waals surface area (Å²) in [7, 11) is 0. The largest absolute Gasteiger partial charge is 0.444 e. The Balaban J connectivity index is 1.67. The highest BCUT2D eigenvalue weighted by Gasteiger charge is 2.31. The van der Waals surface area contributed by atoms with E-state index >= 15 is 0 Å². The lowest BCUT2D eigenvalue weighted by atomic mass is 10.1. The molecule has 32 heavy (non-hydrogen) atoms. The SMILES string of the molecule is C[C@@H](NC(=O)OC(C)(C)C)C(=O)NCCCN1CCN(c2cccc(C(F)(F)F)c2)CC1. The van der Waals surface area contributed by atoms with E-state index in [9.17, 15) is 22.8 Å². The highest BCUT2D eigenvalue weighted by atomic mass is 19.4. The number of carbonyl (C=O) groups excluding carboxylic acids is 2. The number of nitrogens with zero attached hydrogens (tertiary/aromatic N) is 2. The number of nitrogens with one attached hydrogen (secondary N) is 2. The first-order chi connectivity index (χ1) is 14.8. The van der Waals surface area contributed by atoms with Crippen molar-refractivity contribution >= 4 is 17.7 Å². The van der Waals surface area contributed by atoms with Crippen molar-refractivity contribution in [3.8, 4) is 0 Å². The van der Waals surface area contributed by atoms with Crippen molar-refractivity contribution in [3.05, 3.63) is 29.8 Å². The highest BCUT2D eigenvalue weighted by molar-refractivity contribution is 5.85. The molecule has 2 amide bonds. The van der Waals surface area contributed by atoms with E-state index in [0.29, 0.717) is 25.3 Å². The van der Waals surface area contributed by atoms with E-state index in [0.717, 1.165) is 32.1 Å². The predicted molar refractivity (Wildman–Crippen MR) is 117 cm³/mol. The average molecular weight is 459 g/mol. The van der Waals surface area contributed by atoms with Crippen LogP contribution in [-0.4, -0.2) is 67.8 Å². The summed E-state index contributed by atoms with van der Waals surface area (Å²) in [4.78, 5) is 28.0. The number of amides is 2. The van der Waals surface area contributed by atoms with E-state index in [1.54, 1.807) is 33.8 Å². The molecule has 180 valence electrons. The fraction of sp³-hybridized carbons (Fsp3) is 0.636. The number of benzene rings is 1. The molecule has 2 N–H and O–H groups in total. The van der Waals surface area contributed by atoms with Gasteiger partial charge in [0.25, 0.3) is 0 Å². The first-order valence-electron chi connectivity index (χ1n) is 10.8. The van der Waals surface area contributed by atoms with Gasteiger partial charge >= 0.3 is 12.3 Å². The van der Waals surface area contributed by atoms with E-state index in [1.165, 1.54) is 12.1 Å². The quantitative estimate of drug-likeness (QED) is 0.614. The molecule has 0 radical (unpaired) electrons. The Labute approximate surface area is 187 Å². The fourth-order valence-electron chi connectivity index (χ4n) is 3.33. The Hall–Kier alpha value is -2.49. The van der Waals surface area contributed by atoms with Crippen LogP contribution in [0, 0.1) is 0 Å². The lowest BCUT2D eigenvalue weighted by Gasteiger charge is -2.36. The van der Waals surface area contributed by atoms with Gasteiger partial charge in [-0.1, -0.05) is 6.07 Å². The molecular formula is C22H33F3N4O3. The number of alkyl carbamates (subject to hydrolysis) is 1. The summed E-state index contributed by atoms with van der Waals surface area (Å²) in [5, 5.41) is 5.29. The zero-order chi connectivity index (χ0) is 23.9. The van der Waals surface area contributed by atoms with E-state index < -0.39 is 29.5 Å². The molecule has 2 rings (SSSR count). The van der Waals surface area contributed by atoms with Crippen molar-refractivity contribution in [2.24, 2.45) is 0 Å². The van der Waals surface area contributed by atoms with Crippen LogP contribution in [0.5, 0.6) is 0 Å². The standard InChI is InChI=1S/C22H33F3N4O3/c1-16(27-20(31)32-21(2,3)4)19(30)26-9-6-10-28-11-13-29(14-12-28)18-8-5-7-17(15-18)22(23,24)25/h5,7-8,15-16H,6,9-14H2,1-4H3,(H,26,30)(H,27,31)/t16-/m1/s1. The maximum atomic E-state index is 12.9. The number of rotatable bonds is 7. The van der Waals surface area contributed by atoms with Gasteiger partial charge in [0.2, 0.25) is 5.91 Å². The van der Waals surface area contributed by atoms with Crippen molar-refractivity contribution in [2.75, 3.05) is 44.2 Å². The highest BCUT2D eigenvalue weighted by Crippen LogP contribution is 2.31. The minimum Gasteiger partial charge on any atom is -0.444 e. The molecule has 1 aromatic rings. The molecule has 7 nitrogen and oxygen atoms in total. The zero-order valence-corrected chi connectivity index (χ0v) is 19.1. The second kappa shape index (κ2) is 10.9. The van der Waals surface area contributed by atoms with Gasteiger partial charge in [0.05, 0.1) is 5.56 Å². The lowest BCUT2D eigenvalue weighted by Crippen LogP contribution is -2.48. The Morgan fingerprint density at radius 3 is 2.38 bits per heavy atom. The van der Waals surface area contributed by atoms with Crippen molar-refractivity contribution in [1.29, 1.82) is 0 Å². The van der Waals surface area contributed by atoms with Crippen LogP contribution >= 0.6 is 0 Å². The molecule has 1 saturated heterocycles. The molecule has 1 aliphatic heterocycles. The number of anilines is 1. The van der Waals surface area contributed by atoms with E-state index in [2.05, 4.69) is 15.5 Å². The monoisotopic (exact) mass is 458 g/mol. The Morgan fingerprint density at radius 1 is 1.12 bits per heavy atom. The van der Waals surface area contributed by atoms with Gasteiger partial charge in [0, 0.05) is 38.4 Å². The van der Waals surface area contributed by atoms with Crippen molar-refractivity contribution < 1.29 is 27.5 Å². The summed E-state index contributed by atoms with van der Waals surface area (Å²) in [6.45, 7) is 10.8. The third kappa shape index (κ3) is 8.57. The van der Waals surface area contributed by atoms with Crippen molar-refractivity contribution in [2.45, 2.75) is 51.9 Å². The second-order valence-electron chi connectivity index (χ2n) is 8.89. The van der Waals surface area contributed by atoms with Gasteiger partial charge in [-0.15, -0.1) is 0 Å². The summed E-state index contributed by atoms with van der Waals surface area (Å²) in [5.74, 6) is -0.287. The van der Waals surface area contributed by atoms with Gasteiger partial charge in [-0.3, -0.25) is 9.69 Å². The molecule has 1 heterocycles. The number of hydrogen-bond donors (Lipinski definition) is 2. The molecule has 0 aliphatic carbocycles. The molecule has 1 aromatic carbocycles. The molecular weight excluding hydrogens is 425 g/mol. The van der Waals surface area contributed by atoms with Crippen LogP contribution in [0.15, 0.2) is 24.3 Å². The maximum absolute atomic E-state index is 12.9. The van der Waals surface area contributed by atoms with E-state index in [-0.39, 0.29) is 5.91 Å². The lowest BCUT2D eigenvalue weighted by molar-refractivity contribution is -0.137. The summed E-state index contributed by atoms with van der Waals surface area (Å²) < 4.78 is 43.9. The zero-order valence-electron chi connectivity index (χ0n) is 19.1. The van der Waals surface area contributed by atoms with E-state index in [1.807, 2.05) is 4.90 Å². The number of carbonyl (C=O) groups is 2. The third-order valence-corrected chi connectivity index (χ3v) is 4.99. The van der Waals surface area contributed by atoms with Crippen molar-refractivity contribution in [1.82, 2.24) is 15.5 Å². The van der Waals surface area contributed by atoms with Crippen LogP contribution in [0.1, 0.15) is 39.7 Å². The number of halogens is 3. The number of piperazine rings is 1. The molecule has 1 aliphatic rings. The minimum atomic E-state index is -4.35. The molecule has 0 aromatic heterocycles. The van der Waals surface area contributed by atoms with Gasteiger partial charge in [-0.2, -0.15) is 13.2 Å². The summed E-state index contributed by atoms with van der Waals surface area (Å²) in [5.41, 5.74) is -0.687. The van der Waals surface area contributed by atoms with Gasteiger partial charge in [0.1, 0.15) is 11.6 Å². The van der Waals surface area contributed by atoms with Crippen LogP contribution in [0.3, 0.4) is 0 Å². The number of alkyl halides is 3. The molecule has 1 fully saturated rings.